The summed E-state index contributed by atoms with van der Waals surface area (Å²) in [6, 6.07) is 11.4. The SMILES string of the molecule is CC1(Oc2cc#ccc2)CCCC1. The van der Waals surface area contributed by atoms with Gasteiger partial charge in [-0.05, 0) is 44.7 Å². The van der Waals surface area contributed by atoms with Crippen LogP contribution in [0.2, 0.25) is 0 Å². The molecule has 1 fully saturated rings. The van der Waals surface area contributed by atoms with Crippen LogP contribution < -0.4 is 4.74 Å². The summed E-state index contributed by atoms with van der Waals surface area (Å²) in [7, 11) is 0. The lowest BCUT2D eigenvalue weighted by Gasteiger charge is -2.25. The highest BCUT2D eigenvalue weighted by Gasteiger charge is 2.30. The van der Waals surface area contributed by atoms with Gasteiger partial charge in [0, 0.05) is 6.07 Å². The number of rotatable bonds is 2. The molecule has 0 atom stereocenters. The second-order valence-corrected chi connectivity index (χ2v) is 3.93. The first-order valence-corrected chi connectivity index (χ1v) is 4.85. The molecule has 0 heterocycles. The molecule has 0 aliphatic heterocycles. The summed E-state index contributed by atoms with van der Waals surface area (Å²) in [6.45, 7) is 2.19. The minimum absolute atomic E-state index is 0.0647. The summed E-state index contributed by atoms with van der Waals surface area (Å²) in [6.07, 6.45) is 4.93. The van der Waals surface area contributed by atoms with E-state index in [1.54, 1.807) is 0 Å². The van der Waals surface area contributed by atoms with Crippen LogP contribution in [0.5, 0.6) is 5.75 Å². The average molecular weight is 174 g/mol. The predicted octanol–water partition coefficient (Wildman–Crippen LogP) is 3.00. The molecule has 1 aromatic carbocycles. The van der Waals surface area contributed by atoms with Crippen LogP contribution in [0.15, 0.2) is 18.2 Å². The van der Waals surface area contributed by atoms with Gasteiger partial charge in [0.1, 0.15) is 11.4 Å². The molecule has 13 heavy (non-hydrogen) atoms. The van der Waals surface area contributed by atoms with E-state index in [0.29, 0.717) is 0 Å². The Labute approximate surface area is 79.7 Å². The first-order chi connectivity index (χ1) is 6.29. The maximum absolute atomic E-state index is 5.91. The van der Waals surface area contributed by atoms with Crippen LogP contribution in [0.1, 0.15) is 32.6 Å². The molecular formula is C12H14O. The summed E-state index contributed by atoms with van der Waals surface area (Å²) in [4.78, 5) is 0. The van der Waals surface area contributed by atoms with Crippen LogP contribution in [0.4, 0.5) is 0 Å². The normalized spacial score (nSPS) is 19.5. The molecule has 0 amide bonds. The molecule has 1 aliphatic carbocycles. The fourth-order valence-electron chi connectivity index (χ4n) is 1.91. The van der Waals surface area contributed by atoms with Crippen molar-refractivity contribution in [3.8, 4) is 5.75 Å². The molecule has 0 spiro atoms. The van der Waals surface area contributed by atoms with Crippen molar-refractivity contribution in [2.45, 2.75) is 38.2 Å². The van der Waals surface area contributed by atoms with Crippen molar-refractivity contribution in [1.82, 2.24) is 0 Å². The Morgan fingerprint density at radius 1 is 1.31 bits per heavy atom. The molecule has 1 aromatic rings. The van der Waals surface area contributed by atoms with Gasteiger partial charge in [0.15, 0.2) is 0 Å². The van der Waals surface area contributed by atoms with Gasteiger partial charge in [0.05, 0.1) is 0 Å². The second-order valence-electron chi connectivity index (χ2n) is 3.93. The maximum Gasteiger partial charge on any atom is 0.129 e. The largest absolute Gasteiger partial charge is 0.487 e. The smallest absolute Gasteiger partial charge is 0.129 e. The van der Waals surface area contributed by atoms with Gasteiger partial charge in [-0.1, -0.05) is 12.1 Å². The van der Waals surface area contributed by atoms with Crippen molar-refractivity contribution < 1.29 is 4.74 Å². The molecule has 0 unspecified atom stereocenters. The van der Waals surface area contributed by atoms with E-state index < -0.39 is 0 Å². The molecule has 0 saturated heterocycles. The molecule has 0 radical (unpaired) electrons. The first kappa shape index (κ1) is 8.44. The highest BCUT2D eigenvalue weighted by atomic mass is 16.5. The topological polar surface area (TPSA) is 9.23 Å². The Morgan fingerprint density at radius 3 is 2.69 bits per heavy atom. The highest BCUT2D eigenvalue weighted by molar-refractivity contribution is 5.18. The van der Waals surface area contributed by atoms with Gasteiger partial charge < -0.3 is 4.74 Å². The predicted molar refractivity (Wildman–Crippen MR) is 51.6 cm³/mol. The number of ether oxygens (including phenoxy) is 1. The first-order valence-electron chi connectivity index (χ1n) is 4.85. The Kier molecular flexibility index (Phi) is 2.14. The lowest BCUT2D eigenvalue weighted by Crippen LogP contribution is -2.27. The number of hydrogen-bond donors (Lipinski definition) is 0. The molecule has 1 aliphatic rings. The van der Waals surface area contributed by atoms with Crippen molar-refractivity contribution in [1.29, 1.82) is 0 Å². The summed E-state index contributed by atoms with van der Waals surface area (Å²) in [5.41, 5.74) is 0.0647. The van der Waals surface area contributed by atoms with E-state index in [4.69, 9.17) is 4.74 Å². The monoisotopic (exact) mass is 174 g/mol. The molecule has 0 bridgehead atoms. The lowest BCUT2D eigenvalue weighted by atomic mass is 10.1. The van der Waals surface area contributed by atoms with E-state index in [9.17, 15) is 0 Å². The van der Waals surface area contributed by atoms with Gasteiger partial charge in [-0.2, -0.15) is 0 Å². The molecule has 2 rings (SSSR count). The number of hydrogen-bond acceptors (Lipinski definition) is 1. The van der Waals surface area contributed by atoms with Crippen molar-refractivity contribution >= 4 is 0 Å². The zero-order valence-corrected chi connectivity index (χ0v) is 7.97. The van der Waals surface area contributed by atoms with Crippen LogP contribution in [-0.4, -0.2) is 5.60 Å². The van der Waals surface area contributed by atoms with Crippen LogP contribution in [0.25, 0.3) is 0 Å². The van der Waals surface area contributed by atoms with E-state index in [1.807, 2.05) is 18.2 Å². The van der Waals surface area contributed by atoms with E-state index >= 15 is 0 Å². The highest BCUT2D eigenvalue weighted by Crippen LogP contribution is 2.33. The zero-order valence-electron chi connectivity index (χ0n) is 7.97. The standard InChI is InChI=1S/C12H14O/c1-12(9-5-6-10-12)13-11-7-3-2-4-8-11/h3,7-8H,5-6,9-10H2,1H3. The quantitative estimate of drug-likeness (QED) is 0.669. The summed E-state index contributed by atoms with van der Waals surface area (Å²) < 4.78 is 5.91. The molecule has 1 nitrogen and oxygen atoms in total. The van der Waals surface area contributed by atoms with E-state index in [1.165, 1.54) is 25.7 Å². The Hall–Kier alpha value is -1.16. The Balaban J connectivity index is 2.05. The van der Waals surface area contributed by atoms with Crippen molar-refractivity contribution in [2.24, 2.45) is 0 Å². The van der Waals surface area contributed by atoms with Gasteiger partial charge in [-0.25, -0.2) is 0 Å². The minimum Gasteiger partial charge on any atom is -0.487 e. The maximum atomic E-state index is 5.91. The molecule has 1 saturated carbocycles. The van der Waals surface area contributed by atoms with Crippen LogP contribution in [0, 0.1) is 12.1 Å². The van der Waals surface area contributed by atoms with Gasteiger partial charge in [0.25, 0.3) is 0 Å². The van der Waals surface area contributed by atoms with Gasteiger partial charge in [-0.3, -0.25) is 0 Å². The minimum atomic E-state index is 0.0647. The lowest BCUT2D eigenvalue weighted by molar-refractivity contribution is 0.0968. The average Bonchev–Trinajstić information content (AvgIpc) is 2.54. The van der Waals surface area contributed by atoms with Crippen LogP contribution in [0.3, 0.4) is 0 Å². The molecule has 0 N–H and O–H groups in total. The molecule has 68 valence electrons. The molecule has 1 heteroatoms. The summed E-state index contributed by atoms with van der Waals surface area (Å²) in [5.74, 6) is 0.920. The summed E-state index contributed by atoms with van der Waals surface area (Å²) >= 11 is 0. The fourth-order valence-corrected chi connectivity index (χ4v) is 1.91. The third-order valence-corrected chi connectivity index (χ3v) is 2.65. The third kappa shape index (κ3) is 1.95. The Bertz CT molecular complexity index is 260. The zero-order chi connectivity index (χ0) is 9.15. The van der Waals surface area contributed by atoms with Gasteiger partial charge >= 0.3 is 0 Å². The van der Waals surface area contributed by atoms with E-state index in [2.05, 4.69) is 19.1 Å². The Morgan fingerprint density at radius 2 is 2.08 bits per heavy atom. The fraction of sp³-hybridized carbons (Fsp3) is 0.500. The van der Waals surface area contributed by atoms with Crippen molar-refractivity contribution in [2.75, 3.05) is 0 Å². The van der Waals surface area contributed by atoms with Gasteiger partial charge in [-0.15, -0.1) is 0 Å². The van der Waals surface area contributed by atoms with Crippen LogP contribution in [-0.2, 0) is 0 Å². The van der Waals surface area contributed by atoms with Crippen molar-refractivity contribution in [3.63, 3.8) is 0 Å². The summed E-state index contributed by atoms with van der Waals surface area (Å²) in [5, 5.41) is 0. The third-order valence-electron chi connectivity index (χ3n) is 2.65. The van der Waals surface area contributed by atoms with E-state index in [0.717, 1.165) is 5.75 Å². The van der Waals surface area contributed by atoms with E-state index in [-0.39, 0.29) is 5.60 Å². The van der Waals surface area contributed by atoms with Gasteiger partial charge in [0.2, 0.25) is 0 Å². The second kappa shape index (κ2) is 3.30. The van der Waals surface area contributed by atoms with Crippen molar-refractivity contribution in [3.05, 3.63) is 30.3 Å². The molecular weight excluding hydrogens is 160 g/mol. The molecule has 0 aromatic heterocycles. The van der Waals surface area contributed by atoms with Crippen LogP contribution >= 0.6 is 0 Å².